The van der Waals surface area contributed by atoms with E-state index in [0.717, 1.165) is 24.7 Å². The number of thiazole rings is 1. The fourth-order valence-electron chi connectivity index (χ4n) is 1.50. The molecule has 1 aromatic heterocycles. The number of nitrogens with one attached hydrogen (secondary N) is 1. The summed E-state index contributed by atoms with van der Waals surface area (Å²) in [4.78, 5) is 5.92. The Morgan fingerprint density at radius 1 is 1.53 bits per heavy atom. The van der Waals surface area contributed by atoms with Gasteiger partial charge in [0.25, 0.3) is 0 Å². The van der Waals surface area contributed by atoms with Crippen LogP contribution in [-0.2, 0) is 24.3 Å². The van der Waals surface area contributed by atoms with Crippen molar-refractivity contribution in [1.82, 2.24) is 10.3 Å². The highest BCUT2D eigenvalue weighted by Crippen LogP contribution is 2.23. The van der Waals surface area contributed by atoms with Crippen molar-refractivity contribution >= 4 is 11.3 Å². The zero-order valence-electron chi connectivity index (χ0n) is 9.38. The fourth-order valence-corrected chi connectivity index (χ4v) is 2.46. The smallest absolute Gasteiger partial charge is 0.0929 e. The van der Waals surface area contributed by atoms with E-state index in [1.165, 1.54) is 22.7 Å². The number of rotatable bonds is 6. The van der Waals surface area contributed by atoms with Crippen molar-refractivity contribution in [3.05, 3.63) is 15.6 Å². The average Bonchev–Trinajstić information content (AvgIpc) is 2.99. The summed E-state index contributed by atoms with van der Waals surface area (Å²) in [7, 11) is 1.73. The lowest BCUT2D eigenvalue weighted by atomic mass is 10.3. The van der Waals surface area contributed by atoms with Crippen molar-refractivity contribution < 1.29 is 4.74 Å². The van der Waals surface area contributed by atoms with E-state index < -0.39 is 0 Å². The van der Waals surface area contributed by atoms with Crippen LogP contribution in [0.25, 0.3) is 0 Å². The molecule has 0 radical (unpaired) electrons. The Morgan fingerprint density at radius 3 is 2.93 bits per heavy atom. The second kappa shape index (κ2) is 5.05. The summed E-state index contributed by atoms with van der Waals surface area (Å²) in [5.74, 6) is 0. The van der Waals surface area contributed by atoms with E-state index in [9.17, 15) is 0 Å². The minimum atomic E-state index is 0.637. The molecular weight excluding hydrogens is 208 g/mol. The summed E-state index contributed by atoms with van der Waals surface area (Å²) < 4.78 is 5.17. The van der Waals surface area contributed by atoms with Crippen LogP contribution < -0.4 is 5.32 Å². The molecule has 0 saturated heterocycles. The van der Waals surface area contributed by atoms with Gasteiger partial charge in [0.05, 0.1) is 17.3 Å². The van der Waals surface area contributed by atoms with Gasteiger partial charge in [-0.05, 0) is 19.3 Å². The molecule has 1 saturated carbocycles. The van der Waals surface area contributed by atoms with Crippen LogP contribution in [0.1, 0.15) is 35.3 Å². The third-order valence-corrected chi connectivity index (χ3v) is 3.78. The summed E-state index contributed by atoms with van der Waals surface area (Å²) in [6, 6.07) is 0.757. The number of aromatic nitrogens is 1. The lowest BCUT2D eigenvalue weighted by molar-refractivity contribution is 0.181. The van der Waals surface area contributed by atoms with Gasteiger partial charge < -0.3 is 10.1 Å². The molecule has 0 unspecified atom stereocenters. The van der Waals surface area contributed by atoms with Crippen LogP contribution in [0.3, 0.4) is 0 Å². The van der Waals surface area contributed by atoms with E-state index in [0.29, 0.717) is 6.61 Å². The van der Waals surface area contributed by atoms with E-state index in [1.807, 2.05) is 11.3 Å². The van der Waals surface area contributed by atoms with Gasteiger partial charge in [0.2, 0.25) is 0 Å². The highest BCUT2D eigenvalue weighted by Gasteiger charge is 2.21. The van der Waals surface area contributed by atoms with Crippen molar-refractivity contribution in [2.75, 3.05) is 7.11 Å². The van der Waals surface area contributed by atoms with Crippen molar-refractivity contribution in [3.63, 3.8) is 0 Å². The third-order valence-electron chi connectivity index (χ3n) is 2.53. The first-order valence-corrected chi connectivity index (χ1v) is 6.35. The summed E-state index contributed by atoms with van der Waals surface area (Å²) in [6.45, 7) is 3.74. The minimum Gasteiger partial charge on any atom is -0.378 e. The molecular formula is C11H18N2OS. The zero-order chi connectivity index (χ0) is 10.7. The Bertz CT molecular complexity index is 320. The lowest BCUT2D eigenvalue weighted by Gasteiger charge is -2.02. The normalized spacial score (nSPS) is 15.9. The first-order valence-electron chi connectivity index (χ1n) is 5.53. The average molecular weight is 226 g/mol. The van der Waals surface area contributed by atoms with Crippen LogP contribution in [0.2, 0.25) is 0 Å². The Kier molecular flexibility index (Phi) is 3.72. The number of hydrogen-bond acceptors (Lipinski definition) is 4. The van der Waals surface area contributed by atoms with Gasteiger partial charge in [0.15, 0.2) is 0 Å². The molecule has 84 valence electrons. The van der Waals surface area contributed by atoms with Gasteiger partial charge in [-0.25, -0.2) is 4.98 Å². The molecule has 1 heterocycles. The number of aryl methyl sites for hydroxylation is 1. The Hall–Kier alpha value is -0.450. The van der Waals surface area contributed by atoms with Crippen LogP contribution in [-0.4, -0.2) is 18.1 Å². The molecule has 2 rings (SSSR count). The van der Waals surface area contributed by atoms with E-state index in [1.54, 1.807) is 7.11 Å². The molecule has 1 aliphatic carbocycles. The van der Waals surface area contributed by atoms with Crippen LogP contribution in [0.15, 0.2) is 0 Å². The third kappa shape index (κ3) is 3.00. The van der Waals surface area contributed by atoms with Crippen LogP contribution in [0.5, 0.6) is 0 Å². The molecule has 1 fully saturated rings. The van der Waals surface area contributed by atoms with E-state index in [-0.39, 0.29) is 0 Å². The summed E-state index contributed by atoms with van der Waals surface area (Å²) in [5.41, 5.74) is 1.12. The molecule has 1 aliphatic rings. The quantitative estimate of drug-likeness (QED) is 0.806. The highest BCUT2D eigenvalue weighted by atomic mass is 32.1. The van der Waals surface area contributed by atoms with Crippen LogP contribution in [0.4, 0.5) is 0 Å². The van der Waals surface area contributed by atoms with Crippen molar-refractivity contribution in [3.8, 4) is 0 Å². The lowest BCUT2D eigenvalue weighted by Crippen LogP contribution is -2.15. The van der Waals surface area contributed by atoms with Crippen LogP contribution >= 0.6 is 11.3 Å². The first kappa shape index (κ1) is 11.0. The molecule has 15 heavy (non-hydrogen) atoms. The van der Waals surface area contributed by atoms with Gasteiger partial charge in [-0.3, -0.25) is 0 Å². The molecule has 4 heteroatoms. The monoisotopic (exact) mass is 226 g/mol. The first-order chi connectivity index (χ1) is 7.33. The SMILES string of the molecule is CCc1nc(COC)c(CNC2CC2)s1. The second-order valence-electron chi connectivity index (χ2n) is 3.92. The largest absolute Gasteiger partial charge is 0.378 e. The Morgan fingerprint density at radius 2 is 2.33 bits per heavy atom. The predicted molar refractivity (Wildman–Crippen MR) is 62.1 cm³/mol. The fraction of sp³-hybridized carbons (Fsp3) is 0.727. The number of ether oxygens (including phenoxy) is 1. The van der Waals surface area contributed by atoms with E-state index in [4.69, 9.17) is 4.74 Å². The number of hydrogen-bond donors (Lipinski definition) is 1. The maximum atomic E-state index is 5.17. The van der Waals surface area contributed by atoms with Crippen LogP contribution in [0, 0.1) is 0 Å². The highest BCUT2D eigenvalue weighted by molar-refractivity contribution is 7.11. The molecule has 1 aromatic rings. The van der Waals surface area contributed by atoms with Gasteiger partial charge in [-0.2, -0.15) is 0 Å². The molecule has 0 spiro atoms. The van der Waals surface area contributed by atoms with Crippen molar-refractivity contribution in [2.45, 2.75) is 45.4 Å². The maximum Gasteiger partial charge on any atom is 0.0929 e. The molecule has 0 amide bonds. The second-order valence-corrected chi connectivity index (χ2v) is 5.09. The van der Waals surface area contributed by atoms with E-state index in [2.05, 4.69) is 17.2 Å². The zero-order valence-corrected chi connectivity index (χ0v) is 10.2. The van der Waals surface area contributed by atoms with Gasteiger partial charge in [0.1, 0.15) is 0 Å². The molecule has 0 atom stereocenters. The summed E-state index contributed by atoms with van der Waals surface area (Å²) in [6.07, 6.45) is 3.68. The van der Waals surface area contributed by atoms with Gasteiger partial charge in [-0.15, -0.1) is 11.3 Å². The van der Waals surface area contributed by atoms with Crippen molar-refractivity contribution in [2.24, 2.45) is 0 Å². The molecule has 1 N–H and O–H groups in total. The summed E-state index contributed by atoms with van der Waals surface area (Å²) >= 11 is 1.82. The predicted octanol–water partition coefficient (Wildman–Crippen LogP) is 2.10. The molecule has 0 aromatic carbocycles. The standard InChI is InChI=1S/C11H18N2OS/c1-3-11-13-9(7-14-2)10(15-11)6-12-8-4-5-8/h8,12H,3-7H2,1-2H3. The van der Waals surface area contributed by atoms with E-state index >= 15 is 0 Å². The number of nitrogens with zero attached hydrogens (tertiary/aromatic N) is 1. The molecule has 0 bridgehead atoms. The van der Waals surface area contributed by atoms with Gasteiger partial charge in [0, 0.05) is 24.6 Å². The molecule has 3 nitrogen and oxygen atoms in total. The molecule has 0 aliphatic heterocycles. The Labute approximate surface area is 94.9 Å². The van der Waals surface area contributed by atoms with Crippen molar-refractivity contribution in [1.29, 1.82) is 0 Å². The Balaban J connectivity index is 2.00. The topological polar surface area (TPSA) is 34.1 Å². The summed E-state index contributed by atoms with van der Waals surface area (Å²) in [5, 5.41) is 4.74. The van der Waals surface area contributed by atoms with Gasteiger partial charge >= 0.3 is 0 Å². The van der Waals surface area contributed by atoms with Gasteiger partial charge in [-0.1, -0.05) is 6.92 Å². The number of methoxy groups -OCH3 is 1. The minimum absolute atomic E-state index is 0.637. The maximum absolute atomic E-state index is 5.17.